The van der Waals surface area contributed by atoms with Crippen LogP contribution in [0.3, 0.4) is 0 Å². The molecule has 4 heteroatoms. The fourth-order valence-corrected chi connectivity index (χ4v) is 1.11. The lowest BCUT2D eigenvalue weighted by atomic mass is 10.2. The fraction of sp³-hybridized carbons (Fsp3) is 0.875. The predicted octanol–water partition coefficient (Wildman–Crippen LogP) is 2.54. The van der Waals surface area contributed by atoms with E-state index in [1.807, 2.05) is 20.8 Å². The normalized spacial score (nSPS) is 16.8. The smallest absolute Gasteiger partial charge is 0.144 e. The minimum atomic E-state index is -1.20. The molecule has 0 rings (SSSR count). The van der Waals surface area contributed by atoms with E-state index in [2.05, 4.69) is 4.40 Å². The Bertz CT molecular complexity index is 200. The second-order valence-corrected chi connectivity index (χ2v) is 7.07. The lowest BCUT2D eigenvalue weighted by molar-refractivity contribution is 0.650. The highest BCUT2D eigenvalue weighted by atomic mass is 35.5. The molecule has 2 nitrogen and oxygen atoms in total. The van der Waals surface area contributed by atoms with Gasteiger partial charge in [0, 0.05) is 6.21 Å². The van der Waals surface area contributed by atoms with Crippen molar-refractivity contribution in [3.8, 4) is 0 Å². The molecule has 0 N–H and O–H groups in total. The van der Waals surface area contributed by atoms with Crippen molar-refractivity contribution in [1.82, 2.24) is 0 Å². The molecule has 0 heterocycles. The largest absolute Gasteiger partial charge is 0.234 e. The quantitative estimate of drug-likeness (QED) is 0.508. The molecule has 0 aromatic rings. The van der Waals surface area contributed by atoms with Crippen LogP contribution in [0.4, 0.5) is 0 Å². The molecule has 0 aliphatic rings. The molecule has 1 unspecified atom stereocenters. The first kappa shape index (κ1) is 12.1. The van der Waals surface area contributed by atoms with Crippen molar-refractivity contribution in [3.05, 3.63) is 0 Å². The summed E-state index contributed by atoms with van der Waals surface area (Å²) in [5.41, 5.74) is 0. The number of alkyl halides is 1. The van der Waals surface area contributed by atoms with E-state index in [1.165, 1.54) is 6.21 Å². The second kappa shape index (κ2) is 3.88. The van der Waals surface area contributed by atoms with Crippen LogP contribution in [-0.4, -0.2) is 20.0 Å². The first-order chi connectivity index (χ1) is 5.13. The van der Waals surface area contributed by atoms with Crippen molar-refractivity contribution < 1.29 is 4.21 Å². The monoisotopic (exact) mass is 209 g/mol. The summed E-state index contributed by atoms with van der Waals surface area (Å²) in [7, 11) is -1.20. The maximum absolute atomic E-state index is 11.4. The summed E-state index contributed by atoms with van der Waals surface area (Å²) in [6.45, 7) is 9.24. The van der Waals surface area contributed by atoms with Gasteiger partial charge in [-0.25, -0.2) is 4.21 Å². The van der Waals surface area contributed by atoms with E-state index in [1.54, 1.807) is 13.8 Å². The Kier molecular flexibility index (Phi) is 3.91. The average molecular weight is 210 g/mol. The van der Waals surface area contributed by atoms with Gasteiger partial charge in [-0.1, -0.05) is 0 Å². The zero-order chi connectivity index (χ0) is 9.99. The lowest BCUT2D eigenvalue weighted by Crippen LogP contribution is -2.21. The van der Waals surface area contributed by atoms with E-state index in [4.69, 9.17) is 11.6 Å². The van der Waals surface area contributed by atoms with E-state index in [0.717, 1.165) is 0 Å². The van der Waals surface area contributed by atoms with Crippen LogP contribution in [0.2, 0.25) is 0 Å². The van der Waals surface area contributed by atoms with Gasteiger partial charge in [0.15, 0.2) is 0 Å². The SMILES string of the molecule is CC(C)(Cl)/C=N\S(=O)C(C)(C)C. The van der Waals surface area contributed by atoms with E-state index < -0.39 is 15.9 Å². The fourth-order valence-electron chi connectivity index (χ4n) is 0.331. The molecule has 0 aromatic heterocycles. The minimum Gasteiger partial charge on any atom is -0.234 e. The summed E-state index contributed by atoms with van der Waals surface area (Å²) < 4.78 is 14.9. The Labute approximate surface area is 82.0 Å². The van der Waals surface area contributed by atoms with E-state index >= 15 is 0 Å². The van der Waals surface area contributed by atoms with Crippen LogP contribution in [0, 0.1) is 0 Å². The van der Waals surface area contributed by atoms with Gasteiger partial charge < -0.3 is 0 Å². The molecule has 0 aromatic carbocycles. The average Bonchev–Trinajstić information content (AvgIpc) is 1.78. The summed E-state index contributed by atoms with van der Waals surface area (Å²) in [5.74, 6) is 0. The molecule has 72 valence electrons. The van der Waals surface area contributed by atoms with E-state index in [-0.39, 0.29) is 4.75 Å². The molecule has 0 radical (unpaired) electrons. The van der Waals surface area contributed by atoms with Crippen LogP contribution >= 0.6 is 11.6 Å². The topological polar surface area (TPSA) is 29.4 Å². The predicted molar refractivity (Wildman–Crippen MR) is 56.3 cm³/mol. The van der Waals surface area contributed by atoms with E-state index in [0.29, 0.717) is 0 Å². The molecule has 0 bridgehead atoms. The Morgan fingerprint density at radius 1 is 1.25 bits per heavy atom. The van der Waals surface area contributed by atoms with Crippen molar-refractivity contribution in [3.63, 3.8) is 0 Å². The molecule has 0 aliphatic heterocycles. The molecule has 0 aliphatic carbocycles. The first-order valence-corrected chi connectivity index (χ1v) is 5.27. The molecule has 0 saturated carbocycles. The Balaban J connectivity index is 4.30. The van der Waals surface area contributed by atoms with Crippen LogP contribution in [-0.2, 0) is 11.0 Å². The minimum absolute atomic E-state index is 0.307. The van der Waals surface area contributed by atoms with Crippen LogP contribution in [0.25, 0.3) is 0 Å². The van der Waals surface area contributed by atoms with Crippen molar-refractivity contribution >= 4 is 28.8 Å². The van der Waals surface area contributed by atoms with Gasteiger partial charge in [-0.2, -0.15) is 4.40 Å². The summed E-state index contributed by atoms with van der Waals surface area (Å²) in [6, 6.07) is 0. The third-order valence-corrected chi connectivity index (χ3v) is 2.42. The van der Waals surface area contributed by atoms with Gasteiger partial charge in [0.05, 0.1) is 9.62 Å². The standard InChI is InChI=1S/C8H16ClNOS/c1-7(2,3)12(11)10-6-8(4,5)9/h6H,1-5H3/b10-6-. The Hall–Kier alpha value is 0.110. The lowest BCUT2D eigenvalue weighted by Gasteiger charge is -2.14. The Morgan fingerprint density at radius 3 is 1.92 bits per heavy atom. The first-order valence-electron chi connectivity index (χ1n) is 3.79. The van der Waals surface area contributed by atoms with Gasteiger partial charge in [0.1, 0.15) is 11.0 Å². The maximum atomic E-state index is 11.4. The zero-order valence-electron chi connectivity index (χ0n) is 8.22. The highest BCUT2D eigenvalue weighted by molar-refractivity contribution is 7.85. The van der Waals surface area contributed by atoms with Crippen LogP contribution in [0.1, 0.15) is 34.6 Å². The summed E-state index contributed by atoms with van der Waals surface area (Å²) >= 11 is 5.84. The zero-order valence-corrected chi connectivity index (χ0v) is 9.79. The van der Waals surface area contributed by atoms with Gasteiger partial charge in [-0.3, -0.25) is 0 Å². The van der Waals surface area contributed by atoms with Crippen LogP contribution in [0.5, 0.6) is 0 Å². The Morgan fingerprint density at radius 2 is 1.67 bits per heavy atom. The van der Waals surface area contributed by atoms with Crippen molar-refractivity contribution in [2.75, 3.05) is 0 Å². The highest BCUT2D eigenvalue weighted by Crippen LogP contribution is 2.14. The second-order valence-electron chi connectivity index (χ2n) is 4.16. The molecular weight excluding hydrogens is 194 g/mol. The summed E-state index contributed by atoms with van der Waals surface area (Å²) in [4.78, 5) is -0.513. The highest BCUT2D eigenvalue weighted by Gasteiger charge is 2.19. The van der Waals surface area contributed by atoms with Gasteiger partial charge in [0.2, 0.25) is 0 Å². The van der Waals surface area contributed by atoms with Gasteiger partial charge in [-0.05, 0) is 34.6 Å². The summed E-state index contributed by atoms with van der Waals surface area (Å²) in [6.07, 6.45) is 1.52. The molecule has 0 saturated heterocycles. The molecule has 0 amide bonds. The number of hydrogen-bond donors (Lipinski definition) is 0. The van der Waals surface area contributed by atoms with Crippen molar-refractivity contribution in [1.29, 1.82) is 0 Å². The van der Waals surface area contributed by atoms with E-state index in [9.17, 15) is 4.21 Å². The molecule has 12 heavy (non-hydrogen) atoms. The molecular formula is C8H16ClNOS. The maximum Gasteiger partial charge on any atom is 0.144 e. The number of halogens is 1. The van der Waals surface area contributed by atoms with Gasteiger partial charge in [0.25, 0.3) is 0 Å². The van der Waals surface area contributed by atoms with Gasteiger partial charge in [-0.15, -0.1) is 11.6 Å². The third-order valence-electron chi connectivity index (χ3n) is 0.979. The van der Waals surface area contributed by atoms with Crippen molar-refractivity contribution in [2.24, 2.45) is 4.40 Å². The third kappa shape index (κ3) is 5.72. The molecule has 0 fully saturated rings. The molecule has 0 spiro atoms. The van der Waals surface area contributed by atoms with Crippen molar-refractivity contribution in [2.45, 2.75) is 44.2 Å². The van der Waals surface area contributed by atoms with Crippen LogP contribution in [0.15, 0.2) is 4.40 Å². The molecule has 1 atom stereocenters. The van der Waals surface area contributed by atoms with Gasteiger partial charge >= 0.3 is 0 Å². The number of hydrogen-bond acceptors (Lipinski definition) is 1. The van der Waals surface area contributed by atoms with Crippen LogP contribution < -0.4 is 0 Å². The number of nitrogens with zero attached hydrogens (tertiary/aromatic N) is 1. The summed E-state index contributed by atoms with van der Waals surface area (Å²) in [5, 5.41) is 0. The number of rotatable bonds is 2.